The van der Waals surface area contributed by atoms with Crippen LogP contribution in [0.2, 0.25) is 0 Å². The lowest BCUT2D eigenvalue weighted by atomic mass is 9.92. The molecule has 1 heterocycles. The van der Waals surface area contributed by atoms with Crippen LogP contribution >= 0.6 is 0 Å². The number of amides is 1. The summed E-state index contributed by atoms with van der Waals surface area (Å²) in [7, 11) is 0. The van der Waals surface area contributed by atoms with Crippen LogP contribution < -0.4 is 5.32 Å². The van der Waals surface area contributed by atoms with Crippen LogP contribution in [0.3, 0.4) is 0 Å². The molecule has 0 aromatic heterocycles. The van der Waals surface area contributed by atoms with Gasteiger partial charge in [0.2, 0.25) is 5.91 Å². The summed E-state index contributed by atoms with van der Waals surface area (Å²) in [6.07, 6.45) is 5.09. The number of carbonyl (C=O) groups is 1. The summed E-state index contributed by atoms with van der Waals surface area (Å²) in [5, 5.41) is 3.65. The Labute approximate surface area is 92.2 Å². The first kappa shape index (κ1) is 10.9. The van der Waals surface area contributed by atoms with Gasteiger partial charge in [0.15, 0.2) is 0 Å². The highest BCUT2D eigenvalue weighted by Crippen LogP contribution is 2.25. The van der Waals surface area contributed by atoms with E-state index in [2.05, 4.69) is 12.2 Å². The maximum absolute atomic E-state index is 11.4. The molecule has 3 nitrogen and oxygen atoms in total. The van der Waals surface area contributed by atoms with Gasteiger partial charge in [0, 0.05) is 32.1 Å². The number of piperidine rings is 1. The Morgan fingerprint density at radius 3 is 2.60 bits per heavy atom. The van der Waals surface area contributed by atoms with Gasteiger partial charge in [-0.05, 0) is 25.2 Å². The van der Waals surface area contributed by atoms with Crippen molar-refractivity contribution in [2.24, 2.45) is 5.92 Å². The summed E-state index contributed by atoms with van der Waals surface area (Å²) in [6, 6.07) is 1.29. The fraction of sp³-hybridized carbons (Fsp3) is 0.917. The Morgan fingerprint density at radius 1 is 1.33 bits per heavy atom. The van der Waals surface area contributed by atoms with E-state index in [1.54, 1.807) is 6.92 Å². The van der Waals surface area contributed by atoms with Gasteiger partial charge >= 0.3 is 0 Å². The quantitative estimate of drug-likeness (QED) is 0.763. The first-order valence-corrected chi connectivity index (χ1v) is 6.20. The largest absolute Gasteiger partial charge is 0.341 e. The Kier molecular flexibility index (Phi) is 3.29. The molecule has 2 unspecified atom stereocenters. The van der Waals surface area contributed by atoms with E-state index >= 15 is 0 Å². The van der Waals surface area contributed by atoms with E-state index in [9.17, 15) is 4.79 Å². The summed E-state index contributed by atoms with van der Waals surface area (Å²) in [5.41, 5.74) is 0. The van der Waals surface area contributed by atoms with Crippen LogP contribution in [-0.2, 0) is 4.79 Å². The van der Waals surface area contributed by atoms with Gasteiger partial charge in [-0.15, -0.1) is 0 Å². The molecule has 2 fully saturated rings. The van der Waals surface area contributed by atoms with Crippen molar-refractivity contribution < 1.29 is 4.79 Å². The van der Waals surface area contributed by atoms with Gasteiger partial charge in [0.25, 0.3) is 0 Å². The van der Waals surface area contributed by atoms with Crippen LogP contribution in [0.1, 0.15) is 39.5 Å². The van der Waals surface area contributed by atoms with Crippen molar-refractivity contribution in [3.63, 3.8) is 0 Å². The standard InChI is InChI=1S/C12H22N2O/c1-3-10-6-12(13-11-4-5-11)8-14(7-10)9(2)15/h10-13H,3-8H2,1-2H3. The SMILES string of the molecule is CCC1CC(NC2CC2)CN(C(C)=O)C1. The average molecular weight is 210 g/mol. The Bertz CT molecular complexity index is 238. The van der Waals surface area contributed by atoms with E-state index in [0.717, 1.165) is 19.1 Å². The highest BCUT2D eigenvalue weighted by Gasteiger charge is 2.31. The number of hydrogen-bond donors (Lipinski definition) is 1. The molecule has 0 aromatic rings. The minimum atomic E-state index is 0.232. The van der Waals surface area contributed by atoms with Gasteiger partial charge in [-0.2, -0.15) is 0 Å². The van der Waals surface area contributed by atoms with Gasteiger partial charge in [0.05, 0.1) is 0 Å². The Morgan fingerprint density at radius 2 is 2.07 bits per heavy atom. The molecular weight excluding hydrogens is 188 g/mol. The first-order valence-electron chi connectivity index (χ1n) is 6.20. The second-order valence-electron chi connectivity index (χ2n) is 5.07. The summed E-state index contributed by atoms with van der Waals surface area (Å²) >= 11 is 0. The molecule has 1 saturated carbocycles. The van der Waals surface area contributed by atoms with Crippen LogP contribution in [0.15, 0.2) is 0 Å². The number of carbonyl (C=O) groups excluding carboxylic acids is 1. The maximum Gasteiger partial charge on any atom is 0.219 e. The Balaban J connectivity index is 1.89. The van der Waals surface area contributed by atoms with Crippen molar-refractivity contribution in [2.75, 3.05) is 13.1 Å². The van der Waals surface area contributed by atoms with E-state index in [0.29, 0.717) is 12.0 Å². The molecule has 1 amide bonds. The molecule has 1 aliphatic heterocycles. The summed E-state index contributed by atoms with van der Waals surface area (Å²) < 4.78 is 0. The highest BCUT2D eigenvalue weighted by molar-refractivity contribution is 5.73. The molecule has 1 N–H and O–H groups in total. The van der Waals surface area contributed by atoms with Crippen molar-refractivity contribution in [3.05, 3.63) is 0 Å². The number of likely N-dealkylation sites (tertiary alicyclic amines) is 1. The zero-order valence-corrected chi connectivity index (χ0v) is 9.83. The number of rotatable bonds is 3. The maximum atomic E-state index is 11.4. The highest BCUT2D eigenvalue weighted by atomic mass is 16.2. The predicted octanol–water partition coefficient (Wildman–Crippen LogP) is 1.39. The van der Waals surface area contributed by atoms with E-state index in [-0.39, 0.29) is 5.91 Å². The predicted molar refractivity (Wildman–Crippen MR) is 60.6 cm³/mol. The second-order valence-corrected chi connectivity index (χ2v) is 5.07. The molecule has 0 bridgehead atoms. The van der Waals surface area contributed by atoms with E-state index in [1.165, 1.54) is 25.7 Å². The smallest absolute Gasteiger partial charge is 0.219 e. The molecule has 0 spiro atoms. The van der Waals surface area contributed by atoms with Crippen molar-refractivity contribution >= 4 is 5.91 Å². The molecular formula is C12H22N2O. The Hall–Kier alpha value is -0.570. The van der Waals surface area contributed by atoms with Crippen LogP contribution in [0, 0.1) is 5.92 Å². The number of hydrogen-bond acceptors (Lipinski definition) is 2. The molecule has 1 aliphatic carbocycles. The molecule has 2 aliphatic rings. The van der Waals surface area contributed by atoms with Crippen LogP contribution in [0.5, 0.6) is 0 Å². The van der Waals surface area contributed by atoms with Crippen molar-refractivity contribution in [2.45, 2.75) is 51.6 Å². The van der Waals surface area contributed by atoms with Crippen molar-refractivity contribution in [3.8, 4) is 0 Å². The van der Waals surface area contributed by atoms with E-state index in [1.807, 2.05) is 4.90 Å². The van der Waals surface area contributed by atoms with Crippen molar-refractivity contribution in [1.82, 2.24) is 10.2 Å². The number of nitrogens with zero attached hydrogens (tertiary/aromatic N) is 1. The minimum absolute atomic E-state index is 0.232. The van der Waals surface area contributed by atoms with E-state index in [4.69, 9.17) is 0 Å². The molecule has 0 radical (unpaired) electrons. The van der Waals surface area contributed by atoms with Crippen LogP contribution in [0.4, 0.5) is 0 Å². The third-order valence-electron chi connectivity index (χ3n) is 3.61. The topological polar surface area (TPSA) is 32.3 Å². The molecule has 3 heteroatoms. The molecule has 2 rings (SSSR count). The summed E-state index contributed by atoms with van der Waals surface area (Å²) in [6.45, 7) is 5.80. The third-order valence-corrected chi connectivity index (χ3v) is 3.61. The van der Waals surface area contributed by atoms with Gasteiger partial charge in [-0.1, -0.05) is 13.3 Å². The van der Waals surface area contributed by atoms with Crippen LogP contribution in [0.25, 0.3) is 0 Å². The van der Waals surface area contributed by atoms with Crippen molar-refractivity contribution in [1.29, 1.82) is 0 Å². The summed E-state index contributed by atoms with van der Waals surface area (Å²) in [4.78, 5) is 13.4. The third kappa shape index (κ3) is 2.94. The molecule has 15 heavy (non-hydrogen) atoms. The lowest BCUT2D eigenvalue weighted by Gasteiger charge is -2.37. The second kappa shape index (κ2) is 4.52. The molecule has 86 valence electrons. The summed E-state index contributed by atoms with van der Waals surface area (Å²) in [5.74, 6) is 0.926. The molecule has 0 aromatic carbocycles. The van der Waals surface area contributed by atoms with Gasteiger partial charge in [-0.25, -0.2) is 0 Å². The van der Waals surface area contributed by atoms with Gasteiger partial charge in [0.1, 0.15) is 0 Å². The minimum Gasteiger partial charge on any atom is -0.341 e. The zero-order valence-electron chi connectivity index (χ0n) is 9.83. The lowest BCUT2D eigenvalue weighted by Crippen LogP contribution is -2.51. The fourth-order valence-electron chi connectivity index (χ4n) is 2.46. The molecule has 1 saturated heterocycles. The fourth-order valence-corrected chi connectivity index (χ4v) is 2.46. The van der Waals surface area contributed by atoms with Crippen LogP contribution in [-0.4, -0.2) is 36.0 Å². The first-order chi connectivity index (χ1) is 7.19. The number of nitrogens with one attached hydrogen (secondary N) is 1. The zero-order chi connectivity index (χ0) is 10.8. The van der Waals surface area contributed by atoms with E-state index < -0.39 is 0 Å². The molecule has 2 atom stereocenters. The van der Waals surface area contributed by atoms with Gasteiger partial charge < -0.3 is 10.2 Å². The van der Waals surface area contributed by atoms with Gasteiger partial charge in [-0.3, -0.25) is 4.79 Å². The normalized spacial score (nSPS) is 31.7. The lowest BCUT2D eigenvalue weighted by molar-refractivity contribution is -0.131. The average Bonchev–Trinajstić information content (AvgIpc) is 3.01. The monoisotopic (exact) mass is 210 g/mol.